The molecule has 3 rings (SSSR count). The van der Waals surface area contributed by atoms with E-state index in [0.29, 0.717) is 27.8 Å². The summed E-state index contributed by atoms with van der Waals surface area (Å²) in [7, 11) is 0. The lowest BCUT2D eigenvalue weighted by Gasteiger charge is -2.01. The van der Waals surface area contributed by atoms with Crippen molar-refractivity contribution in [3.8, 4) is 0 Å². The number of hydrogen-bond donors (Lipinski definition) is 1. The number of anilines is 1. The number of hydrogen-bond acceptors (Lipinski definition) is 4. The molecule has 0 saturated heterocycles. The molecule has 0 amide bonds. The van der Waals surface area contributed by atoms with E-state index in [1.54, 1.807) is 36.5 Å². The van der Waals surface area contributed by atoms with Crippen LogP contribution in [0, 0.1) is 0 Å². The van der Waals surface area contributed by atoms with E-state index in [9.17, 15) is 4.79 Å². The highest BCUT2D eigenvalue weighted by Crippen LogP contribution is 2.20. The van der Waals surface area contributed by atoms with Gasteiger partial charge in [-0.1, -0.05) is 6.07 Å². The number of nitrogens with zero attached hydrogens (tertiary/aromatic N) is 1. The van der Waals surface area contributed by atoms with Crippen molar-refractivity contribution >= 4 is 27.8 Å². The molecule has 4 nitrogen and oxygen atoms in total. The highest BCUT2D eigenvalue weighted by molar-refractivity contribution is 5.95. The van der Waals surface area contributed by atoms with Gasteiger partial charge in [-0.15, -0.1) is 0 Å². The number of pyridine rings is 1. The molecule has 16 heavy (non-hydrogen) atoms. The molecule has 0 aliphatic heterocycles. The molecule has 0 saturated carbocycles. The summed E-state index contributed by atoms with van der Waals surface area (Å²) in [6.45, 7) is 0. The van der Waals surface area contributed by atoms with Crippen LogP contribution in [-0.2, 0) is 0 Å². The normalized spacial score (nSPS) is 11.0. The van der Waals surface area contributed by atoms with Crippen LogP contribution in [0.5, 0.6) is 0 Å². The maximum absolute atomic E-state index is 12.1. The van der Waals surface area contributed by atoms with Crippen LogP contribution in [0.1, 0.15) is 0 Å². The summed E-state index contributed by atoms with van der Waals surface area (Å²) in [5.74, 6) is 0. The third kappa shape index (κ3) is 1.10. The molecule has 0 spiro atoms. The average Bonchev–Trinajstić information content (AvgIpc) is 2.29. The highest BCUT2D eigenvalue weighted by atomic mass is 16.3. The van der Waals surface area contributed by atoms with E-state index < -0.39 is 0 Å². The molecule has 3 aromatic rings. The summed E-state index contributed by atoms with van der Waals surface area (Å²) in [4.78, 5) is 16.1. The standard InChI is InChI=1S/C12H8N2O2/c13-8-4-1-5-9-10(8)11(15)7-3-2-6-14-12(7)16-9/h1-6H,13H2. The van der Waals surface area contributed by atoms with Crippen molar-refractivity contribution < 1.29 is 4.42 Å². The summed E-state index contributed by atoms with van der Waals surface area (Å²) >= 11 is 0. The second-order valence-electron chi connectivity index (χ2n) is 3.51. The van der Waals surface area contributed by atoms with Gasteiger partial charge >= 0.3 is 0 Å². The Bertz CT molecular complexity index is 747. The molecule has 0 radical (unpaired) electrons. The molecule has 4 heteroatoms. The first kappa shape index (κ1) is 8.91. The minimum absolute atomic E-state index is 0.137. The molecule has 2 aromatic heterocycles. The van der Waals surface area contributed by atoms with Gasteiger partial charge in [0.1, 0.15) is 5.58 Å². The van der Waals surface area contributed by atoms with Crippen LogP contribution in [-0.4, -0.2) is 4.98 Å². The molecule has 0 atom stereocenters. The van der Waals surface area contributed by atoms with Crippen molar-refractivity contribution in [2.45, 2.75) is 0 Å². The zero-order chi connectivity index (χ0) is 11.1. The quantitative estimate of drug-likeness (QED) is 0.456. The molecular formula is C12H8N2O2. The number of fused-ring (bicyclic) bond motifs is 2. The van der Waals surface area contributed by atoms with Gasteiger partial charge in [0.05, 0.1) is 10.8 Å². The van der Waals surface area contributed by atoms with Crippen molar-refractivity contribution in [1.29, 1.82) is 0 Å². The van der Waals surface area contributed by atoms with Gasteiger partial charge in [0, 0.05) is 11.9 Å². The molecule has 78 valence electrons. The predicted molar refractivity (Wildman–Crippen MR) is 62.2 cm³/mol. The number of rotatable bonds is 0. The third-order valence-corrected chi connectivity index (χ3v) is 2.51. The van der Waals surface area contributed by atoms with Gasteiger partial charge in [-0.3, -0.25) is 4.79 Å². The summed E-state index contributed by atoms with van der Waals surface area (Å²) in [5.41, 5.74) is 6.87. The van der Waals surface area contributed by atoms with Gasteiger partial charge in [-0.25, -0.2) is 4.98 Å². The van der Waals surface area contributed by atoms with Crippen molar-refractivity contribution in [1.82, 2.24) is 4.98 Å². The summed E-state index contributed by atoms with van der Waals surface area (Å²) in [5, 5.41) is 0.871. The van der Waals surface area contributed by atoms with Crippen LogP contribution in [0.4, 0.5) is 5.69 Å². The zero-order valence-corrected chi connectivity index (χ0v) is 8.31. The minimum atomic E-state index is -0.137. The van der Waals surface area contributed by atoms with E-state index in [2.05, 4.69) is 4.98 Å². The molecule has 0 aliphatic carbocycles. The van der Waals surface area contributed by atoms with E-state index in [0.717, 1.165) is 0 Å². The number of nitrogen functional groups attached to an aromatic ring is 1. The molecule has 2 N–H and O–H groups in total. The van der Waals surface area contributed by atoms with E-state index in [-0.39, 0.29) is 5.43 Å². The van der Waals surface area contributed by atoms with Crippen LogP contribution in [0.15, 0.2) is 45.7 Å². The Morgan fingerprint density at radius 2 is 2.06 bits per heavy atom. The molecule has 2 heterocycles. The first-order valence-electron chi connectivity index (χ1n) is 4.83. The van der Waals surface area contributed by atoms with Crippen molar-refractivity contribution in [2.75, 3.05) is 5.73 Å². The van der Waals surface area contributed by atoms with Gasteiger partial charge in [-0.05, 0) is 24.3 Å². The fourth-order valence-electron chi connectivity index (χ4n) is 1.76. The van der Waals surface area contributed by atoms with Crippen LogP contribution in [0.3, 0.4) is 0 Å². The Kier molecular flexibility index (Phi) is 1.71. The Morgan fingerprint density at radius 1 is 1.19 bits per heavy atom. The van der Waals surface area contributed by atoms with E-state index >= 15 is 0 Å². The maximum Gasteiger partial charge on any atom is 0.230 e. The van der Waals surface area contributed by atoms with Gasteiger partial charge < -0.3 is 10.2 Å². The van der Waals surface area contributed by atoms with E-state index in [1.165, 1.54) is 0 Å². The second kappa shape index (κ2) is 3.06. The van der Waals surface area contributed by atoms with Crippen molar-refractivity contribution in [3.63, 3.8) is 0 Å². The van der Waals surface area contributed by atoms with Crippen LogP contribution >= 0.6 is 0 Å². The van der Waals surface area contributed by atoms with E-state index in [1.807, 2.05) is 0 Å². The molecule has 1 aromatic carbocycles. The lowest BCUT2D eigenvalue weighted by Crippen LogP contribution is -2.05. The predicted octanol–water partition coefficient (Wildman–Crippen LogP) is 1.92. The Hall–Kier alpha value is -2.36. The second-order valence-corrected chi connectivity index (χ2v) is 3.51. The monoisotopic (exact) mass is 212 g/mol. The number of benzene rings is 1. The lowest BCUT2D eigenvalue weighted by molar-refractivity contribution is 0.645. The van der Waals surface area contributed by atoms with Crippen molar-refractivity contribution in [3.05, 3.63) is 46.8 Å². The van der Waals surface area contributed by atoms with Crippen LogP contribution in [0.25, 0.3) is 22.1 Å². The smallest absolute Gasteiger partial charge is 0.230 e. The summed E-state index contributed by atoms with van der Waals surface area (Å²) in [6.07, 6.45) is 1.59. The van der Waals surface area contributed by atoms with Gasteiger partial charge in [0.2, 0.25) is 11.1 Å². The average molecular weight is 212 g/mol. The summed E-state index contributed by atoms with van der Waals surface area (Å²) in [6, 6.07) is 8.52. The fourth-order valence-corrected chi connectivity index (χ4v) is 1.76. The first-order chi connectivity index (χ1) is 7.77. The van der Waals surface area contributed by atoms with Crippen LogP contribution < -0.4 is 11.2 Å². The molecular weight excluding hydrogens is 204 g/mol. The minimum Gasteiger partial charge on any atom is -0.437 e. The molecule has 0 unspecified atom stereocenters. The van der Waals surface area contributed by atoms with Gasteiger partial charge in [0.15, 0.2) is 0 Å². The topological polar surface area (TPSA) is 69.1 Å². The van der Waals surface area contributed by atoms with Crippen LogP contribution in [0.2, 0.25) is 0 Å². The van der Waals surface area contributed by atoms with Gasteiger partial charge in [0.25, 0.3) is 0 Å². The SMILES string of the molecule is Nc1cccc2oc3ncccc3c(=O)c12. The third-order valence-electron chi connectivity index (χ3n) is 2.51. The maximum atomic E-state index is 12.1. The highest BCUT2D eigenvalue weighted by Gasteiger charge is 2.09. The number of nitrogens with two attached hydrogens (primary N) is 1. The molecule has 0 bridgehead atoms. The Morgan fingerprint density at radius 3 is 2.94 bits per heavy atom. The molecule has 0 aliphatic rings. The largest absolute Gasteiger partial charge is 0.437 e. The Balaban J connectivity index is 2.67. The first-order valence-corrected chi connectivity index (χ1v) is 4.83. The van der Waals surface area contributed by atoms with E-state index in [4.69, 9.17) is 10.2 Å². The number of aromatic nitrogens is 1. The molecule has 0 fully saturated rings. The fraction of sp³-hybridized carbons (Fsp3) is 0. The Labute approximate surface area is 90.3 Å². The summed E-state index contributed by atoms with van der Waals surface area (Å²) < 4.78 is 5.52. The van der Waals surface area contributed by atoms with Crippen molar-refractivity contribution in [2.24, 2.45) is 0 Å². The zero-order valence-electron chi connectivity index (χ0n) is 8.31. The lowest BCUT2D eigenvalue weighted by atomic mass is 10.1. The van der Waals surface area contributed by atoms with Gasteiger partial charge in [-0.2, -0.15) is 0 Å².